The fourth-order valence-corrected chi connectivity index (χ4v) is 1.89. The number of thiocarbonyl (C=S) groups is 1. The minimum Gasteiger partial charge on any atom is -0.507 e. The number of hydrogen-bond donors (Lipinski definition) is 3. The number of phenolic OH excluding ortho intramolecular Hbond substituents is 1. The molecule has 5 heteroatoms. The highest BCUT2D eigenvalue weighted by atomic mass is 32.1. The van der Waals surface area contributed by atoms with Crippen LogP contribution in [-0.2, 0) is 0 Å². The molecule has 0 aliphatic rings. The molecule has 0 atom stereocenters. The summed E-state index contributed by atoms with van der Waals surface area (Å²) in [5.74, 6) is -0.445. The molecule has 0 bridgehead atoms. The van der Waals surface area contributed by atoms with Gasteiger partial charge >= 0.3 is 0 Å². The number of nitrogens with two attached hydrogens (primary N) is 1. The number of phenols is 1. The molecule has 2 aromatic rings. The molecule has 1 amide bonds. The summed E-state index contributed by atoms with van der Waals surface area (Å²) >= 11 is 4.92. The highest BCUT2D eigenvalue weighted by molar-refractivity contribution is 7.80. The van der Waals surface area contributed by atoms with Gasteiger partial charge in [0, 0.05) is 11.3 Å². The van der Waals surface area contributed by atoms with Crippen molar-refractivity contribution in [3.05, 3.63) is 59.2 Å². The summed E-state index contributed by atoms with van der Waals surface area (Å²) in [5.41, 5.74) is 7.97. The first-order chi connectivity index (χ1) is 9.49. The molecule has 0 heterocycles. The first-order valence-electron chi connectivity index (χ1n) is 5.99. The lowest BCUT2D eigenvalue weighted by atomic mass is 10.1. The Hall–Kier alpha value is -2.40. The molecule has 102 valence electrons. The van der Waals surface area contributed by atoms with Gasteiger partial charge in [-0.2, -0.15) is 0 Å². The number of aryl methyl sites for hydroxylation is 1. The highest BCUT2D eigenvalue weighted by Gasteiger charge is 2.12. The molecule has 2 rings (SSSR count). The number of amides is 1. The normalized spacial score (nSPS) is 10.1. The van der Waals surface area contributed by atoms with Gasteiger partial charge in [0.1, 0.15) is 10.7 Å². The molecule has 4 nitrogen and oxygen atoms in total. The van der Waals surface area contributed by atoms with Crippen molar-refractivity contribution >= 4 is 28.8 Å². The first kappa shape index (κ1) is 14.0. The van der Waals surface area contributed by atoms with Crippen molar-refractivity contribution < 1.29 is 9.90 Å². The number of nitrogens with one attached hydrogen (secondary N) is 1. The lowest BCUT2D eigenvalue weighted by Gasteiger charge is -2.11. The quantitative estimate of drug-likeness (QED) is 0.758. The Morgan fingerprint density at radius 1 is 1.25 bits per heavy atom. The fourth-order valence-electron chi connectivity index (χ4n) is 1.77. The smallest absolute Gasteiger partial charge is 0.259 e. The molecule has 2 aromatic carbocycles. The molecule has 0 aliphatic carbocycles. The van der Waals surface area contributed by atoms with Crippen molar-refractivity contribution in [2.24, 2.45) is 5.73 Å². The lowest BCUT2D eigenvalue weighted by Crippen LogP contribution is -2.15. The maximum atomic E-state index is 12.1. The molecule has 0 aliphatic heterocycles. The van der Waals surface area contributed by atoms with E-state index < -0.39 is 0 Å². The predicted molar refractivity (Wildman–Crippen MR) is 83.1 cm³/mol. The Bertz CT molecular complexity index is 683. The van der Waals surface area contributed by atoms with Crippen molar-refractivity contribution in [3.8, 4) is 5.75 Å². The summed E-state index contributed by atoms with van der Waals surface area (Å²) in [6.45, 7) is 1.86. The van der Waals surface area contributed by atoms with Crippen molar-refractivity contribution in [1.82, 2.24) is 0 Å². The van der Waals surface area contributed by atoms with Gasteiger partial charge in [0.15, 0.2) is 0 Å². The van der Waals surface area contributed by atoms with Crippen LogP contribution in [0, 0.1) is 6.92 Å². The van der Waals surface area contributed by atoms with Gasteiger partial charge in [-0.1, -0.05) is 36.5 Å². The zero-order valence-electron chi connectivity index (χ0n) is 10.9. The Balaban J connectivity index is 2.30. The van der Waals surface area contributed by atoms with Crippen LogP contribution < -0.4 is 11.1 Å². The molecule has 4 N–H and O–H groups in total. The number of hydrogen-bond acceptors (Lipinski definition) is 3. The number of aromatic hydroxyl groups is 1. The summed E-state index contributed by atoms with van der Waals surface area (Å²) in [6, 6.07) is 11.7. The van der Waals surface area contributed by atoms with Gasteiger partial charge in [-0.3, -0.25) is 4.79 Å². The first-order valence-corrected chi connectivity index (χ1v) is 6.39. The third-order valence-corrected chi connectivity index (χ3v) is 3.15. The second-order valence-corrected chi connectivity index (χ2v) is 4.81. The number of benzene rings is 2. The zero-order valence-corrected chi connectivity index (χ0v) is 11.7. The van der Waals surface area contributed by atoms with Gasteiger partial charge < -0.3 is 16.2 Å². The average molecular weight is 286 g/mol. The van der Waals surface area contributed by atoms with Crippen LogP contribution in [0.25, 0.3) is 0 Å². The van der Waals surface area contributed by atoms with Crippen molar-refractivity contribution in [2.75, 3.05) is 5.32 Å². The van der Waals surface area contributed by atoms with Crippen molar-refractivity contribution in [3.63, 3.8) is 0 Å². The van der Waals surface area contributed by atoms with Gasteiger partial charge in [0.2, 0.25) is 0 Å². The third-order valence-electron chi connectivity index (χ3n) is 2.92. The molecule has 0 radical (unpaired) electrons. The van der Waals surface area contributed by atoms with Gasteiger partial charge in [-0.05, 0) is 30.7 Å². The summed E-state index contributed by atoms with van der Waals surface area (Å²) in [4.78, 5) is 12.4. The standard InChI is InChI=1S/C15H14N2O2S/c1-9-6-7-10(14(16)20)8-12(9)17-15(19)11-4-2-3-5-13(11)18/h2-8,18H,1H3,(H2,16,20)(H,17,19). The molecular weight excluding hydrogens is 272 g/mol. The molecule has 0 unspecified atom stereocenters. The van der Waals surface area contributed by atoms with Crippen molar-refractivity contribution in [1.29, 1.82) is 0 Å². The predicted octanol–water partition coefficient (Wildman–Crippen LogP) is 2.59. The monoisotopic (exact) mass is 286 g/mol. The Morgan fingerprint density at radius 2 is 1.95 bits per heavy atom. The van der Waals surface area contributed by atoms with E-state index >= 15 is 0 Å². The van der Waals surface area contributed by atoms with Crippen LogP contribution in [0.1, 0.15) is 21.5 Å². The van der Waals surface area contributed by atoms with E-state index in [9.17, 15) is 9.90 Å². The maximum Gasteiger partial charge on any atom is 0.259 e. The van der Waals surface area contributed by atoms with E-state index in [4.69, 9.17) is 18.0 Å². The van der Waals surface area contributed by atoms with Gasteiger partial charge in [-0.25, -0.2) is 0 Å². The fraction of sp³-hybridized carbons (Fsp3) is 0.0667. The van der Waals surface area contributed by atoms with Crippen LogP contribution >= 0.6 is 12.2 Å². The van der Waals surface area contributed by atoms with E-state index in [0.29, 0.717) is 11.3 Å². The highest BCUT2D eigenvalue weighted by Crippen LogP contribution is 2.21. The van der Waals surface area contributed by atoms with Crippen LogP contribution in [0.2, 0.25) is 0 Å². The van der Waals surface area contributed by atoms with Crippen LogP contribution in [0.4, 0.5) is 5.69 Å². The largest absolute Gasteiger partial charge is 0.507 e. The van der Waals surface area contributed by atoms with Crippen LogP contribution in [-0.4, -0.2) is 16.0 Å². The van der Waals surface area contributed by atoms with E-state index in [1.165, 1.54) is 6.07 Å². The van der Waals surface area contributed by atoms with Crippen LogP contribution in [0.3, 0.4) is 0 Å². The SMILES string of the molecule is Cc1ccc(C(N)=S)cc1NC(=O)c1ccccc1O. The summed E-state index contributed by atoms with van der Waals surface area (Å²) in [6.07, 6.45) is 0. The topological polar surface area (TPSA) is 75.3 Å². The van der Waals surface area contributed by atoms with Crippen LogP contribution in [0.15, 0.2) is 42.5 Å². The molecule has 0 aromatic heterocycles. The van der Waals surface area contributed by atoms with E-state index in [2.05, 4.69) is 5.32 Å². The second kappa shape index (κ2) is 5.71. The summed E-state index contributed by atoms with van der Waals surface area (Å²) < 4.78 is 0. The molecule has 0 fully saturated rings. The number of rotatable bonds is 3. The zero-order chi connectivity index (χ0) is 14.7. The van der Waals surface area contributed by atoms with Gasteiger partial charge in [0.05, 0.1) is 5.56 Å². The molecule has 0 spiro atoms. The minimum atomic E-state index is -0.383. The molecule has 0 saturated heterocycles. The third kappa shape index (κ3) is 2.95. The van der Waals surface area contributed by atoms with Gasteiger partial charge in [0.25, 0.3) is 5.91 Å². The van der Waals surface area contributed by atoms with Crippen molar-refractivity contribution in [2.45, 2.75) is 6.92 Å². The molecular formula is C15H14N2O2S. The second-order valence-electron chi connectivity index (χ2n) is 4.37. The van der Waals surface area contributed by atoms with E-state index in [-0.39, 0.29) is 22.2 Å². The molecule has 20 heavy (non-hydrogen) atoms. The van der Waals surface area contributed by atoms with Gasteiger partial charge in [-0.15, -0.1) is 0 Å². The van der Waals surface area contributed by atoms with E-state index in [0.717, 1.165) is 5.56 Å². The van der Waals surface area contributed by atoms with Crippen LogP contribution in [0.5, 0.6) is 5.75 Å². The maximum absolute atomic E-state index is 12.1. The number of para-hydroxylation sites is 1. The summed E-state index contributed by atoms with van der Waals surface area (Å²) in [7, 11) is 0. The van der Waals surface area contributed by atoms with E-state index in [1.807, 2.05) is 13.0 Å². The number of anilines is 1. The minimum absolute atomic E-state index is 0.0619. The lowest BCUT2D eigenvalue weighted by molar-refractivity contribution is 0.102. The number of carbonyl (C=O) groups excluding carboxylic acids is 1. The van der Waals surface area contributed by atoms with E-state index in [1.54, 1.807) is 30.3 Å². The Morgan fingerprint density at radius 3 is 2.60 bits per heavy atom. The summed E-state index contributed by atoms with van der Waals surface area (Å²) in [5, 5.41) is 12.4. The average Bonchev–Trinajstić information content (AvgIpc) is 2.41. The molecule has 0 saturated carbocycles. The Kier molecular flexibility index (Phi) is 4.00. The Labute approximate surface area is 122 Å². The number of carbonyl (C=O) groups is 1.